The van der Waals surface area contributed by atoms with Gasteiger partial charge in [-0.15, -0.1) is 0 Å². The summed E-state index contributed by atoms with van der Waals surface area (Å²) in [5.74, 6) is -2.77. The standard InChI is InChI=1S/C23H24FN5O5S/c1-28(2)23(32)17-12-15(24)8-7-14(17)13-26-22(31)19-20(30)18-16(6-5-9-25-18)21(27-19)29-10-3-4-11-35(29,33)34/h5-9,12,30H,3-4,10-11,13H2,1-2H3,(H,26,31)/p-1. The molecule has 1 aliphatic heterocycles. The number of fused-ring (bicyclic) bond motifs is 1. The zero-order chi connectivity index (χ0) is 25.3. The number of hydrogen-bond donors (Lipinski definition) is 1. The molecule has 35 heavy (non-hydrogen) atoms. The fourth-order valence-electron chi connectivity index (χ4n) is 3.87. The Balaban J connectivity index is 1.72. The Bertz CT molecular complexity index is 1430. The van der Waals surface area contributed by atoms with Gasteiger partial charge in [-0.1, -0.05) is 6.07 Å². The molecular formula is C23H23FN5O5S-. The molecule has 0 aliphatic carbocycles. The molecule has 2 aromatic heterocycles. The minimum Gasteiger partial charge on any atom is -0.869 e. The van der Waals surface area contributed by atoms with Crippen LogP contribution in [0.25, 0.3) is 10.9 Å². The molecule has 0 atom stereocenters. The van der Waals surface area contributed by atoms with E-state index in [0.29, 0.717) is 18.4 Å². The van der Waals surface area contributed by atoms with E-state index in [4.69, 9.17) is 0 Å². The van der Waals surface area contributed by atoms with Crippen molar-refractivity contribution in [3.05, 3.63) is 59.2 Å². The molecule has 0 spiro atoms. The van der Waals surface area contributed by atoms with Crippen LogP contribution in [0.3, 0.4) is 0 Å². The lowest BCUT2D eigenvalue weighted by Crippen LogP contribution is -2.39. The van der Waals surface area contributed by atoms with Crippen LogP contribution >= 0.6 is 0 Å². The highest BCUT2D eigenvalue weighted by Crippen LogP contribution is 2.33. The van der Waals surface area contributed by atoms with E-state index in [-0.39, 0.29) is 41.1 Å². The molecule has 1 fully saturated rings. The summed E-state index contributed by atoms with van der Waals surface area (Å²) in [6.07, 6.45) is 2.49. The fraction of sp³-hybridized carbons (Fsp3) is 0.304. The predicted molar refractivity (Wildman–Crippen MR) is 125 cm³/mol. The zero-order valence-corrected chi connectivity index (χ0v) is 19.9. The molecule has 1 aromatic carbocycles. The number of aromatic nitrogens is 2. The van der Waals surface area contributed by atoms with Gasteiger partial charge in [-0.2, -0.15) is 0 Å². The Hall–Kier alpha value is -3.80. The fourth-order valence-corrected chi connectivity index (χ4v) is 5.47. The maximum Gasteiger partial charge on any atom is 0.269 e. The Morgan fingerprint density at radius 1 is 1.23 bits per heavy atom. The SMILES string of the molecule is CN(C)C(=O)c1cc(F)ccc1CNC(=O)c1nc(N2CCCCS2(=O)=O)c2cccnc2c1[O-]. The molecule has 10 nitrogen and oxygen atoms in total. The highest BCUT2D eigenvalue weighted by atomic mass is 32.2. The first-order chi connectivity index (χ1) is 16.6. The van der Waals surface area contributed by atoms with E-state index in [1.54, 1.807) is 6.07 Å². The Kier molecular flexibility index (Phi) is 6.57. The summed E-state index contributed by atoms with van der Waals surface area (Å²) in [5.41, 5.74) is -0.197. The number of hydrogen-bond acceptors (Lipinski definition) is 7. The van der Waals surface area contributed by atoms with Gasteiger partial charge in [0.15, 0.2) is 5.82 Å². The number of pyridine rings is 2. The molecule has 12 heteroatoms. The van der Waals surface area contributed by atoms with Crippen molar-refractivity contribution in [1.29, 1.82) is 0 Å². The molecule has 0 unspecified atom stereocenters. The van der Waals surface area contributed by atoms with Gasteiger partial charge in [0.1, 0.15) is 11.5 Å². The normalized spacial score (nSPS) is 15.1. The van der Waals surface area contributed by atoms with Crippen LogP contribution < -0.4 is 14.7 Å². The van der Waals surface area contributed by atoms with Crippen molar-refractivity contribution in [1.82, 2.24) is 20.2 Å². The van der Waals surface area contributed by atoms with Crippen LogP contribution in [0.15, 0.2) is 36.5 Å². The van der Waals surface area contributed by atoms with Crippen molar-refractivity contribution in [3.63, 3.8) is 0 Å². The third-order valence-corrected chi connectivity index (χ3v) is 7.48. The van der Waals surface area contributed by atoms with Crippen molar-refractivity contribution in [2.24, 2.45) is 0 Å². The summed E-state index contributed by atoms with van der Waals surface area (Å²) in [5, 5.41) is 15.8. The van der Waals surface area contributed by atoms with Gasteiger partial charge in [0, 0.05) is 44.3 Å². The predicted octanol–water partition coefficient (Wildman–Crippen LogP) is 1.40. The summed E-state index contributed by atoms with van der Waals surface area (Å²) in [4.78, 5) is 35.0. The van der Waals surface area contributed by atoms with Crippen LogP contribution in [0, 0.1) is 5.82 Å². The van der Waals surface area contributed by atoms with Gasteiger partial charge in [0.05, 0.1) is 11.3 Å². The summed E-state index contributed by atoms with van der Waals surface area (Å²) >= 11 is 0. The van der Waals surface area contributed by atoms with E-state index >= 15 is 0 Å². The number of carbonyl (C=O) groups is 2. The maximum atomic E-state index is 13.7. The quantitative estimate of drug-likeness (QED) is 0.559. The summed E-state index contributed by atoms with van der Waals surface area (Å²) in [6, 6.07) is 6.69. The minimum absolute atomic E-state index is 0.0252. The van der Waals surface area contributed by atoms with Gasteiger partial charge in [0.25, 0.3) is 11.8 Å². The monoisotopic (exact) mass is 500 g/mol. The maximum absolute atomic E-state index is 13.7. The van der Waals surface area contributed by atoms with Crippen LogP contribution in [0.5, 0.6) is 5.75 Å². The minimum atomic E-state index is -3.67. The van der Waals surface area contributed by atoms with Crippen LogP contribution in [0.4, 0.5) is 10.2 Å². The molecular weight excluding hydrogens is 477 g/mol. The van der Waals surface area contributed by atoms with E-state index in [1.165, 1.54) is 37.3 Å². The highest BCUT2D eigenvalue weighted by Gasteiger charge is 2.30. The number of sulfonamides is 1. The second-order valence-electron chi connectivity index (χ2n) is 8.29. The molecule has 3 aromatic rings. The van der Waals surface area contributed by atoms with Crippen molar-refractivity contribution in [3.8, 4) is 5.75 Å². The lowest BCUT2D eigenvalue weighted by molar-refractivity contribution is -0.266. The van der Waals surface area contributed by atoms with E-state index < -0.39 is 39.1 Å². The lowest BCUT2D eigenvalue weighted by atomic mass is 10.1. The van der Waals surface area contributed by atoms with Gasteiger partial charge >= 0.3 is 0 Å². The second kappa shape index (κ2) is 9.45. The second-order valence-corrected chi connectivity index (χ2v) is 10.3. The van der Waals surface area contributed by atoms with Gasteiger partial charge in [-0.3, -0.25) is 18.9 Å². The highest BCUT2D eigenvalue weighted by molar-refractivity contribution is 7.92. The molecule has 0 saturated carbocycles. The number of amides is 2. The van der Waals surface area contributed by atoms with E-state index in [1.807, 2.05) is 0 Å². The van der Waals surface area contributed by atoms with Crippen LogP contribution in [0.1, 0.15) is 39.3 Å². The van der Waals surface area contributed by atoms with Crippen molar-refractivity contribution in [2.45, 2.75) is 19.4 Å². The topological polar surface area (TPSA) is 136 Å². The molecule has 4 rings (SSSR count). The van der Waals surface area contributed by atoms with Crippen LogP contribution in [-0.2, 0) is 16.6 Å². The Morgan fingerprint density at radius 3 is 2.71 bits per heavy atom. The van der Waals surface area contributed by atoms with Crippen molar-refractivity contribution >= 4 is 38.6 Å². The summed E-state index contributed by atoms with van der Waals surface area (Å²) in [6.45, 7) is -0.0169. The molecule has 1 saturated heterocycles. The van der Waals surface area contributed by atoms with Gasteiger partial charge in [-0.05, 0) is 48.4 Å². The van der Waals surface area contributed by atoms with Crippen LogP contribution in [0.2, 0.25) is 0 Å². The molecule has 0 radical (unpaired) electrons. The van der Waals surface area contributed by atoms with Crippen molar-refractivity contribution < 1.29 is 27.5 Å². The number of carbonyl (C=O) groups excluding carboxylic acids is 2. The number of nitrogens with zero attached hydrogens (tertiary/aromatic N) is 4. The van der Waals surface area contributed by atoms with E-state index in [0.717, 1.165) is 16.4 Å². The van der Waals surface area contributed by atoms with Crippen molar-refractivity contribution in [2.75, 3.05) is 30.7 Å². The molecule has 1 N–H and O–H groups in total. The first-order valence-corrected chi connectivity index (χ1v) is 12.5. The lowest BCUT2D eigenvalue weighted by Gasteiger charge is -2.29. The average molecular weight is 501 g/mol. The van der Waals surface area contributed by atoms with Gasteiger partial charge < -0.3 is 15.3 Å². The first kappa shape index (κ1) is 24.3. The third-order valence-electron chi connectivity index (χ3n) is 5.64. The van der Waals surface area contributed by atoms with Gasteiger partial charge in [0.2, 0.25) is 10.0 Å². The molecule has 2 amide bonds. The largest absolute Gasteiger partial charge is 0.869 e. The number of rotatable bonds is 5. The van der Waals surface area contributed by atoms with E-state index in [9.17, 15) is 27.5 Å². The number of halogens is 1. The molecule has 184 valence electrons. The summed E-state index contributed by atoms with van der Waals surface area (Å²) < 4.78 is 40.3. The molecule has 3 heterocycles. The number of anilines is 1. The molecule has 1 aliphatic rings. The summed E-state index contributed by atoms with van der Waals surface area (Å²) in [7, 11) is -0.644. The Labute approximate surface area is 201 Å². The smallest absolute Gasteiger partial charge is 0.269 e. The zero-order valence-electron chi connectivity index (χ0n) is 19.1. The van der Waals surface area contributed by atoms with E-state index in [2.05, 4.69) is 15.3 Å². The Morgan fingerprint density at radius 2 is 2.00 bits per heavy atom. The molecule has 0 bridgehead atoms. The first-order valence-electron chi connectivity index (χ1n) is 10.8. The average Bonchev–Trinajstić information content (AvgIpc) is 2.83. The van der Waals surface area contributed by atoms with Crippen LogP contribution in [-0.4, -0.2) is 61.5 Å². The third kappa shape index (κ3) is 4.74. The number of nitrogens with one attached hydrogen (secondary N) is 1. The number of benzene rings is 1. The van der Waals surface area contributed by atoms with Gasteiger partial charge in [-0.25, -0.2) is 17.8 Å².